The van der Waals surface area contributed by atoms with E-state index in [0.29, 0.717) is 13.0 Å². The van der Waals surface area contributed by atoms with Crippen LogP contribution in [0.15, 0.2) is 0 Å². The monoisotopic (exact) mass is 187 g/mol. The van der Waals surface area contributed by atoms with Gasteiger partial charge in [-0.3, -0.25) is 4.79 Å². The lowest BCUT2D eigenvalue weighted by molar-refractivity contribution is -0.151. The van der Waals surface area contributed by atoms with Gasteiger partial charge >= 0.3 is 5.97 Å². The van der Waals surface area contributed by atoms with Crippen LogP contribution in [0, 0.1) is 0 Å². The minimum atomic E-state index is -1.00. The van der Waals surface area contributed by atoms with Crippen molar-refractivity contribution < 1.29 is 19.4 Å². The zero-order valence-corrected chi connectivity index (χ0v) is 7.69. The molecule has 0 aromatic carbocycles. The van der Waals surface area contributed by atoms with E-state index in [1.807, 2.05) is 0 Å². The van der Waals surface area contributed by atoms with Gasteiger partial charge in [-0.2, -0.15) is 0 Å². The number of aliphatic carboxylic acids is 1. The van der Waals surface area contributed by atoms with Gasteiger partial charge in [-0.25, -0.2) is 4.79 Å². The fourth-order valence-corrected chi connectivity index (χ4v) is 1.66. The Kier molecular flexibility index (Phi) is 2.87. The van der Waals surface area contributed by atoms with Crippen LogP contribution in [0.5, 0.6) is 0 Å². The summed E-state index contributed by atoms with van der Waals surface area (Å²) in [6.45, 7) is 1.83. The molecule has 13 heavy (non-hydrogen) atoms. The van der Waals surface area contributed by atoms with Crippen molar-refractivity contribution in [1.82, 2.24) is 4.90 Å². The molecule has 0 aromatic rings. The third-order valence-electron chi connectivity index (χ3n) is 2.30. The summed E-state index contributed by atoms with van der Waals surface area (Å²) < 4.78 is 4.99. The van der Waals surface area contributed by atoms with Gasteiger partial charge in [0.25, 0.3) is 0 Å². The number of likely N-dealkylation sites (tertiary alicyclic amines) is 1. The van der Waals surface area contributed by atoms with E-state index in [1.165, 1.54) is 18.9 Å². The fourth-order valence-electron chi connectivity index (χ4n) is 1.66. The molecule has 0 saturated carbocycles. The first-order valence-electron chi connectivity index (χ1n) is 4.10. The van der Waals surface area contributed by atoms with Crippen molar-refractivity contribution in [2.75, 3.05) is 13.7 Å². The number of nitrogens with zero attached hydrogens (tertiary/aromatic N) is 1. The summed E-state index contributed by atoms with van der Waals surface area (Å²) in [4.78, 5) is 23.2. The first-order valence-corrected chi connectivity index (χ1v) is 4.10. The third kappa shape index (κ3) is 1.80. The van der Waals surface area contributed by atoms with E-state index in [-0.39, 0.29) is 12.0 Å². The minimum absolute atomic E-state index is 0.216. The summed E-state index contributed by atoms with van der Waals surface area (Å²) in [6, 6.07) is -0.817. The molecule has 5 nitrogen and oxygen atoms in total. The van der Waals surface area contributed by atoms with Crippen LogP contribution < -0.4 is 0 Å². The SMILES string of the molecule is CO[C@H]1CCN(C(C)=O)[C@@H]1C(=O)O. The van der Waals surface area contributed by atoms with E-state index in [1.54, 1.807) is 0 Å². The van der Waals surface area contributed by atoms with E-state index in [2.05, 4.69) is 0 Å². The molecular formula is C8H13NO4. The lowest BCUT2D eigenvalue weighted by atomic mass is 10.2. The molecule has 1 heterocycles. The average molecular weight is 187 g/mol. The number of carbonyl (C=O) groups excluding carboxylic acids is 1. The van der Waals surface area contributed by atoms with E-state index < -0.39 is 12.0 Å². The molecule has 2 atom stereocenters. The molecule has 0 radical (unpaired) electrons. The number of amides is 1. The molecule has 1 aliphatic rings. The number of methoxy groups -OCH3 is 1. The Morgan fingerprint density at radius 1 is 1.54 bits per heavy atom. The zero-order valence-electron chi connectivity index (χ0n) is 7.69. The second kappa shape index (κ2) is 3.74. The van der Waals surface area contributed by atoms with E-state index in [0.717, 1.165) is 0 Å². The van der Waals surface area contributed by atoms with Crippen molar-refractivity contribution in [2.24, 2.45) is 0 Å². The first kappa shape index (κ1) is 9.98. The summed E-state index contributed by atoms with van der Waals surface area (Å²) in [5.41, 5.74) is 0. The molecule has 0 aliphatic carbocycles. The largest absolute Gasteiger partial charge is 0.480 e. The van der Waals surface area contributed by atoms with Gasteiger partial charge in [0.05, 0.1) is 6.10 Å². The van der Waals surface area contributed by atoms with Crippen molar-refractivity contribution in [3.05, 3.63) is 0 Å². The molecule has 1 saturated heterocycles. The van der Waals surface area contributed by atoms with Crippen molar-refractivity contribution >= 4 is 11.9 Å². The van der Waals surface area contributed by atoms with Crippen LogP contribution in [-0.4, -0.2) is 47.7 Å². The number of carboxylic acids is 1. The van der Waals surface area contributed by atoms with Crippen LogP contribution in [0.1, 0.15) is 13.3 Å². The number of rotatable bonds is 2. The Balaban J connectivity index is 2.78. The standard InChI is InChI=1S/C8H13NO4/c1-5(10)9-4-3-6(13-2)7(9)8(11)12/h6-7H,3-4H2,1-2H3,(H,11,12)/t6-,7-/m0/s1. The van der Waals surface area contributed by atoms with Crippen molar-refractivity contribution in [2.45, 2.75) is 25.5 Å². The Hall–Kier alpha value is -1.10. The van der Waals surface area contributed by atoms with Crippen LogP contribution in [0.4, 0.5) is 0 Å². The lowest BCUT2D eigenvalue weighted by Gasteiger charge is -2.22. The maximum atomic E-state index is 11.0. The Bertz CT molecular complexity index is 228. The molecule has 5 heteroatoms. The molecular weight excluding hydrogens is 174 g/mol. The average Bonchev–Trinajstić information content (AvgIpc) is 2.46. The predicted octanol–water partition coefficient (Wildman–Crippen LogP) is -0.293. The smallest absolute Gasteiger partial charge is 0.329 e. The molecule has 1 aliphatic heterocycles. The van der Waals surface area contributed by atoms with Gasteiger partial charge in [-0.05, 0) is 6.42 Å². The highest BCUT2D eigenvalue weighted by molar-refractivity contribution is 5.83. The van der Waals surface area contributed by atoms with Gasteiger partial charge in [-0.15, -0.1) is 0 Å². The summed E-state index contributed by atoms with van der Waals surface area (Å²) in [7, 11) is 1.46. The van der Waals surface area contributed by atoms with E-state index in [9.17, 15) is 9.59 Å². The molecule has 1 rings (SSSR count). The summed E-state index contributed by atoms with van der Waals surface area (Å²) in [6.07, 6.45) is 0.217. The number of carboxylic acid groups (broad SMARTS) is 1. The number of hydrogen-bond acceptors (Lipinski definition) is 3. The Morgan fingerprint density at radius 3 is 2.54 bits per heavy atom. The topological polar surface area (TPSA) is 66.8 Å². The van der Waals surface area contributed by atoms with Crippen LogP contribution >= 0.6 is 0 Å². The van der Waals surface area contributed by atoms with Gasteiger partial charge < -0.3 is 14.7 Å². The van der Waals surface area contributed by atoms with E-state index >= 15 is 0 Å². The second-order valence-electron chi connectivity index (χ2n) is 3.06. The summed E-state index contributed by atoms with van der Waals surface area (Å²) >= 11 is 0. The first-order chi connectivity index (χ1) is 6.07. The van der Waals surface area contributed by atoms with Crippen molar-refractivity contribution in [3.8, 4) is 0 Å². The van der Waals surface area contributed by atoms with Gasteiger partial charge in [0.15, 0.2) is 6.04 Å². The predicted molar refractivity (Wildman–Crippen MR) is 44.2 cm³/mol. The van der Waals surface area contributed by atoms with Crippen LogP contribution in [-0.2, 0) is 14.3 Å². The van der Waals surface area contributed by atoms with Crippen LogP contribution in [0.2, 0.25) is 0 Å². The Morgan fingerprint density at radius 2 is 2.15 bits per heavy atom. The van der Waals surface area contributed by atoms with Gasteiger partial charge in [-0.1, -0.05) is 0 Å². The number of ether oxygens (including phenoxy) is 1. The van der Waals surface area contributed by atoms with Crippen molar-refractivity contribution in [1.29, 1.82) is 0 Å². The van der Waals surface area contributed by atoms with Gasteiger partial charge in [0.2, 0.25) is 5.91 Å². The highest BCUT2D eigenvalue weighted by Gasteiger charge is 2.40. The third-order valence-corrected chi connectivity index (χ3v) is 2.30. The van der Waals surface area contributed by atoms with Gasteiger partial charge in [0.1, 0.15) is 0 Å². The summed E-state index contributed by atoms with van der Waals surface area (Å²) in [5.74, 6) is -1.22. The molecule has 74 valence electrons. The van der Waals surface area contributed by atoms with E-state index in [4.69, 9.17) is 9.84 Å². The molecule has 1 amide bonds. The molecule has 1 N–H and O–H groups in total. The van der Waals surface area contributed by atoms with Gasteiger partial charge in [0, 0.05) is 20.6 Å². The number of carbonyl (C=O) groups is 2. The second-order valence-corrected chi connectivity index (χ2v) is 3.06. The quantitative estimate of drug-likeness (QED) is 0.645. The zero-order chi connectivity index (χ0) is 10.0. The van der Waals surface area contributed by atoms with Crippen molar-refractivity contribution in [3.63, 3.8) is 0 Å². The normalized spacial score (nSPS) is 27.7. The maximum absolute atomic E-state index is 11.0. The lowest BCUT2D eigenvalue weighted by Crippen LogP contribution is -2.44. The molecule has 0 unspecified atom stereocenters. The Labute approximate surface area is 76.3 Å². The minimum Gasteiger partial charge on any atom is -0.480 e. The van der Waals surface area contributed by atoms with Crippen LogP contribution in [0.3, 0.4) is 0 Å². The molecule has 1 fully saturated rings. The summed E-state index contributed by atoms with van der Waals surface area (Å²) in [5, 5.41) is 8.86. The number of hydrogen-bond donors (Lipinski definition) is 1. The molecule has 0 aromatic heterocycles. The highest BCUT2D eigenvalue weighted by Crippen LogP contribution is 2.20. The maximum Gasteiger partial charge on any atom is 0.329 e. The highest BCUT2D eigenvalue weighted by atomic mass is 16.5. The molecule has 0 spiro atoms. The fraction of sp³-hybridized carbons (Fsp3) is 0.750. The molecule has 0 bridgehead atoms. The van der Waals surface area contributed by atoms with Crippen LogP contribution in [0.25, 0.3) is 0 Å².